The molecule has 0 heterocycles. The van der Waals surface area contributed by atoms with Crippen LogP contribution in [0.5, 0.6) is 0 Å². The Hall–Kier alpha value is -0.843. The molecule has 0 fully saturated rings. The first-order chi connectivity index (χ1) is 7.91. The highest BCUT2D eigenvalue weighted by atomic mass is 28.3. The fraction of sp³-hybridized carbons (Fsp3) is 0.833. The molecule has 0 saturated carbocycles. The predicted octanol–water partition coefficient (Wildman–Crippen LogP) is 2.40. The maximum Gasteiger partial charge on any atom is 0.305 e. The SMILES string of the molecule is CCCOC(=O)CCCCN(C=O)[Si](C)(C)C. The minimum absolute atomic E-state index is 0.127. The summed E-state index contributed by atoms with van der Waals surface area (Å²) in [7, 11) is -1.54. The Balaban J connectivity index is 3.69. The molecule has 0 aliphatic rings. The molecule has 5 heteroatoms. The Kier molecular flexibility index (Phi) is 7.87. The average molecular weight is 259 g/mol. The summed E-state index contributed by atoms with van der Waals surface area (Å²) in [5.41, 5.74) is 0. The quantitative estimate of drug-likeness (QED) is 0.276. The molecule has 0 aromatic heterocycles. The van der Waals surface area contributed by atoms with Crippen molar-refractivity contribution in [2.75, 3.05) is 13.2 Å². The van der Waals surface area contributed by atoms with Gasteiger partial charge in [-0.2, -0.15) is 0 Å². The van der Waals surface area contributed by atoms with Crippen molar-refractivity contribution in [3.05, 3.63) is 0 Å². The van der Waals surface area contributed by atoms with Gasteiger partial charge in [0.25, 0.3) is 0 Å². The molecule has 0 bridgehead atoms. The van der Waals surface area contributed by atoms with E-state index >= 15 is 0 Å². The molecule has 0 aromatic rings. The van der Waals surface area contributed by atoms with Crippen LogP contribution in [0.1, 0.15) is 32.6 Å². The van der Waals surface area contributed by atoms with Crippen molar-refractivity contribution >= 4 is 20.6 Å². The maximum atomic E-state index is 11.2. The van der Waals surface area contributed by atoms with Crippen molar-refractivity contribution in [2.24, 2.45) is 0 Å². The largest absolute Gasteiger partial charge is 0.466 e. The number of amides is 1. The van der Waals surface area contributed by atoms with E-state index < -0.39 is 8.24 Å². The van der Waals surface area contributed by atoms with E-state index in [0.29, 0.717) is 13.0 Å². The molecule has 1 amide bonds. The normalized spacial score (nSPS) is 11.1. The van der Waals surface area contributed by atoms with Gasteiger partial charge in [-0.25, -0.2) is 0 Å². The Labute approximate surface area is 105 Å². The van der Waals surface area contributed by atoms with Gasteiger partial charge in [-0.05, 0) is 19.3 Å². The van der Waals surface area contributed by atoms with Gasteiger partial charge in [-0.1, -0.05) is 26.6 Å². The molecule has 0 spiro atoms. The van der Waals surface area contributed by atoms with Crippen molar-refractivity contribution in [2.45, 2.75) is 52.2 Å². The number of unbranched alkanes of at least 4 members (excludes halogenated alkanes) is 1. The van der Waals surface area contributed by atoms with Crippen molar-refractivity contribution in [1.82, 2.24) is 4.57 Å². The minimum Gasteiger partial charge on any atom is -0.466 e. The van der Waals surface area contributed by atoms with E-state index in [1.54, 1.807) is 0 Å². The number of nitrogens with zero attached hydrogens (tertiary/aromatic N) is 1. The molecular weight excluding hydrogens is 234 g/mol. The van der Waals surface area contributed by atoms with Crippen molar-refractivity contribution in [3.8, 4) is 0 Å². The second kappa shape index (κ2) is 8.28. The topological polar surface area (TPSA) is 46.6 Å². The lowest BCUT2D eigenvalue weighted by Crippen LogP contribution is -2.45. The third kappa shape index (κ3) is 7.96. The summed E-state index contributed by atoms with van der Waals surface area (Å²) in [5.74, 6) is -0.127. The fourth-order valence-electron chi connectivity index (χ4n) is 1.39. The van der Waals surface area contributed by atoms with Crippen LogP contribution in [0.3, 0.4) is 0 Å². The van der Waals surface area contributed by atoms with Gasteiger partial charge < -0.3 is 9.30 Å². The first-order valence-electron chi connectivity index (χ1n) is 6.29. The van der Waals surface area contributed by atoms with Gasteiger partial charge >= 0.3 is 5.97 Å². The van der Waals surface area contributed by atoms with E-state index in [9.17, 15) is 9.59 Å². The zero-order valence-corrected chi connectivity index (χ0v) is 12.5. The summed E-state index contributed by atoms with van der Waals surface area (Å²) in [6, 6.07) is 0. The van der Waals surface area contributed by atoms with Crippen molar-refractivity contribution in [3.63, 3.8) is 0 Å². The van der Waals surface area contributed by atoms with Crippen LogP contribution in [0.4, 0.5) is 0 Å². The molecule has 0 aromatic carbocycles. The highest BCUT2D eigenvalue weighted by molar-refractivity contribution is 6.74. The monoisotopic (exact) mass is 259 g/mol. The van der Waals surface area contributed by atoms with Gasteiger partial charge in [0, 0.05) is 13.0 Å². The Bertz CT molecular complexity index is 238. The van der Waals surface area contributed by atoms with E-state index in [1.165, 1.54) is 0 Å². The number of rotatable bonds is 9. The van der Waals surface area contributed by atoms with E-state index in [2.05, 4.69) is 19.6 Å². The molecule has 100 valence electrons. The second-order valence-electron chi connectivity index (χ2n) is 5.15. The first-order valence-corrected chi connectivity index (χ1v) is 9.74. The molecule has 4 nitrogen and oxygen atoms in total. The second-order valence-corrected chi connectivity index (χ2v) is 10.1. The molecule has 0 aliphatic carbocycles. The molecule has 17 heavy (non-hydrogen) atoms. The van der Waals surface area contributed by atoms with Crippen molar-refractivity contribution in [1.29, 1.82) is 0 Å². The number of hydrogen-bond acceptors (Lipinski definition) is 3. The smallest absolute Gasteiger partial charge is 0.305 e. The lowest BCUT2D eigenvalue weighted by molar-refractivity contribution is -0.143. The molecule has 0 N–H and O–H groups in total. The Morgan fingerprint density at radius 3 is 2.41 bits per heavy atom. The summed E-state index contributed by atoms with van der Waals surface area (Å²) >= 11 is 0. The lowest BCUT2D eigenvalue weighted by Gasteiger charge is -2.30. The van der Waals surface area contributed by atoms with Crippen LogP contribution in [0, 0.1) is 0 Å². The molecule has 0 radical (unpaired) electrons. The van der Waals surface area contributed by atoms with Crippen LogP contribution in [0.25, 0.3) is 0 Å². The van der Waals surface area contributed by atoms with Gasteiger partial charge in [-0.15, -0.1) is 0 Å². The maximum absolute atomic E-state index is 11.2. The van der Waals surface area contributed by atoms with Gasteiger partial charge in [-0.3, -0.25) is 9.59 Å². The summed E-state index contributed by atoms with van der Waals surface area (Å²) < 4.78 is 6.87. The molecular formula is C12H25NO3Si. The highest BCUT2D eigenvalue weighted by Crippen LogP contribution is 2.09. The van der Waals surface area contributed by atoms with Crippen LogP contribution in [-0.2, 0) is 14.3 Å². The summed E-state index contributed by atoms with van der Waals surface area (Å²) in [4.78, 5) is 22.1. The van der Waals surface area contributed by atoms with Crippen LogP contribution in [0.15, 0.2) is 0 Å². The van der Waals surface area contributed by atoms with Crippen LogP contribution >= 0.6 is 0 Å². The number of ether oxygens (including phenoxy) is 1. The highest BCUT2D eigenvalue weighted by Gasteiger charge is 2.21. The van der Waals surface area contributed by atoms with Crippen molar-refractivity contribution < 1.29 is 14.3 Å². The first kappa shape index (κ1) is 16.2. The lowest BCUT2D eigenvalue weighted by atomic mass is 10.2. The number of carbonyl (C=O) groups is 2. The fourth-order valence-corrected chi connectivity index (χ4v) is 2.53. The molecule has 0 aliphatic heterocycles. The third-order valence-electron chi connectivity index (χ3n) is 2.49. The molecule has 0 rings (SSSR count). The summed E-state index contributed by atoms with van der Waals surface area (Å²) in [6.07, 6.45) is 3.90. The zero-order valence-electron chi connectivity index (χ0n) is 11.5. The number of carbonyl (C=O) groups excluding carboxylic acids is 2. The van der Waals surface area contributed by atoms with Gasteiger partial charge in [0.1, 0.15) is 0 Å². The van der Waals surface area contributed by atoms with E-state index in [0.717, 1.165) is 32.2 Å². The number of esters is 1. The molecule has 0 saturated heterocycles. The van der Waals surface area contributed by atoms with Crippen LogP contribution < -0.4 is 0 Å². The Morgan fingerprint density at radius 2 is 1.94 bits per heavy atom. The molecule has 0 unspecified atom stereocenters. The van der Waals surface area contributed by atoms with Gasteiger partial charge in [0.05, 0.1) is 6.61 Å². The van der Waals surface area contributed by atoms with E-state index in [4.69, 9.17) is 4.74 Å². The summed E-state index contributed by atoms with van der Waals surface area (Å²) in [6.45, 7) is 9.64. The van der Waals surface area contributed by atoms with E-state index in [1.807, 2.05) is 11.5 Å². The Morgan fingerprint density at radius 1 is 1.29 bits per heavy atom. The third-order valence-corrected chi connectivity index (χ3v) is 4.54. The van der Waals surface area contributed by atoms with Crippen LogP contribution in [0.2, 0.25) is 19.6 Å². The standard InChI is InChI=1S/C12H25NO3Si/c1-5-10-16-12(15)8-6-7-9-13(11-14)17(2,3)4/h11H,5-10H2,1-4H3. The van der Waals surface area contributed by atoms with Gasteiger partial charge in [0.2, 0.25) is 6.41 Å². The summed E-state index contributed by atoms with van der Waals surface area (Å²) in [5, 5.41) is 0. The predicted molar refractivity (Wildman–Crippen MR) is 71.2 cm³/mol. The zero-order chi connectivity index (χ0) is 13.3. The average Bonchev–Trinajstić information content (AvgIpc) is 2.24. The van der Waals surface area contributed by atoms with Crippen LogP contribution in [-0.4, -0.2) is 38.3 Å². The molecule has 0 atom stereocenters. The number of hydrogen-bond donors (Lipinski definition) is 0. The minimum atomic E-state index is -1.54. The van der Waals surface area contributed by atoms with Gasteiger partial charge in [0.15, 0.2) is 8.24 Å². The van der Waals surface area contributed by atoms with E-state index in [-0.39, 0.29) is 5.97 Å².